The minimum absolute atomic E-state index is 0.0640. The minimum atomic E-state index is -0.0640. The van der Waals surface area contributed by atoms with Crippen LogP contribution in [0.25, 0.3) is 5.69 Å². The molecule has 0 bridgehead atoms. The van der Waals surface area contributed by atoms with E-state index >= 15 is 0 Å². The number of carbonyl (C=O) groups excluding carboxylic acids is 1. The normalized spacial score (nSPS) is 16.6. The lowest BCUT2D eigenvalue weighted by Crippen LogP contribution is -2.23. The molecule has 0 aliphatic heterocycles. The van der Waals surface area contributed by atoms with Crippen molar-refractivity contribution in [3.05, 3.63) is 65.2 Å². The number of aromatic nitrogens is 4. The third kappa shape index (κ3) is 3.03. The van der Waals surface area contributed by atoms with Crippen molar-refractivity contribution in [2.24, 2.45) is 0 Å². The van der Waals surface area contributed by atoms with Gasteiger partial charge < -0.3 is 5.32 Å². The van der Waals surface area contributed by atoms with Crippen molar-refractivity contribution in [1.29, 1.82) is 0 Å². The van der Waals surface area contributed by atoms with Crippen LogP contribution in [0, 0.1) is 0 Å². The van der Waals surface area contributed by atoms with Crippen molar-refractivity contribution >= 4 is 5.91 Å². The Kier molecular flexibility index (Phi) is 3.62. The van der Waals surface area contributed by atoms with Gasteiger partial charge in [0.25, 0.3) is 5.91 Å². The zero-order chi connectivity index (χ0) is 17.5. The van der Waals surface area contributed by atoms with E-state index in [0.717, 1.165) is 29.8 Å². The first-order valence-corrected chi connectivity index (χ1v) is 9.24. The first-order valence-electron chi connectivity index (χ1n) is 9.24. The van der Waals surface area contributed by atoms with Crippen LogP contribution in [0.5, 0.6) is 0 Å². The molecule has 26 heavy (non-hydrogen) atoms. The SMILES string of the molecule is O=C(NCc1ccc(-n2ccc(C3CC3)n2)cc1)c1cn[nH]c1C1CC1. The standard InChI is InChI=1S/C20H21N5O/c26-20(17-12-22-23-19(17)15-5-6-15)21-11-13-1-7-16(8-2-13)25-10-9-18(24-25)14-3-4-14/h1-2,7-10,12,14-15H,3-6,11H2,(H,21,26)(H,22,23). The summed E-state index contributed by atoms with van der Waals surface area (Å²) in [6.45, 7) is 0.501. The third-order valence-corrected chi connectivity index (χ3v) is 5.16. The van der Waals surface area contributed by atoms with Crippen molar-refractivity contribution in [3.8, 4) is 5.69 Å². The molecule has 2 saturated carbocycles. The number of amides is 1. The average molecular weight is 347 g/mol. The Morgan fingerprint density at radius 1 is 1.12 bits per heavy atom. The Bertz CT molecular complexity index is 931. The molecule has 132 valence electrons. The Morgan fingerprint density at radius 2 is 1.88 bits per heavy atom. The quantitative estimate of drug-likeness (QED) is 0.718. The molecular formula is C20H21N5O. The van der Waals surface area contributed by atoms with Gasteiger partial charge in [-0.2, -0.15) is 10.2 Å². The van der Waals surface area contributed by atoms with Gasteiger partial charge in [0.2, 0.25) is 0 Å². The number of nitrogens with one attached hydrogen (secondary N) is 2. The van der Waals surface area contributed by atoms with Gasteiger partial charge in [-0.1, -0.05) is 12.1 Å². The fourth-order valence-corrected chi connectivity index (χ4v) is 3.28. The molecule has 3 aromatic rings. The largest absolute Gasteiger partial charge is 0.348 e. The van der Waals surface area contributed by atoms with Gasteiger partial charge in [-0.25, -0.2) is 4.68 Å². The van der Waals surface area contributed by atoms with Gasteiger partial charge in [-0.15, -0.1) is 0 Å². The molecule has 0 spiro atoms. The van der Waals surface area contributed by atoms with Crippen LogP contribution in [0.15, 0.2) is 42.7 Å². The van der Waals surface area contributed by atoms with E-state index in [9.17, 15) is 4.79 Å². The maximum Gasteiger partial charge on any atom is 0.255 e. The third-order valence-electron chi connectivity index (χ3n) is 5.16. The molecule has 2 aliphatic carbocycles. The Balaban J connectivity index is 1.23. The summed E-state index contributed by atoms with van der Waals surface area (Å²) in [5.74, 6) is 1.08. The van der Waals surface area contributed by atoms with E-state index in [0.29, 0.717) is 23.9 Å². The van der Waals surface area contributed by atoms with E-state index in [1.54, 1.807) is 6.20 Å². The first-order chi connectivity index (χ1) is 12.8. The van der Waals surface area contributed by atoms with Gasteiger partial charge in [0, 0.05) is 24.6 Å². The summed E-state index contributed by atoms with van der Waals surface area (Å²) in [5, 5.41) is 14.6. The van der Waals surface area contributed by atoms with E-state index in [1.807, 2.05) is 35.1 Å². The summed E-state index contributed by atoms with van der Waals surface area (Å²) in [5.41, 5.74) is 4.94. The molecule has 0 atom stereocenters. The van der Waals surface area contributed by atoms with Crippen LogP contribution >= 0.6 is 0 Å². The predicted octanol–water partition coefficient (Wildman–Crippen LogP) is 3.28. The highest BCUT2D eigenvalue weighted by molar-refractivity contribution is 5.95. The van der Waals surface area contributed by atoms with Gasteiger partial charge in [0.05, 0.1) is 28.8 Å². The van der Waals surface area contributed by atoms with Crippen LogP contribution in [-0.4, -0.2) is 25.9 Å². The second-order valence-corrected chi connectivity index (χ2v) is 7.28. The van der Waals surface area contributed by atoms with Crippen LogP contribution in [0.2, 0.25) is 0 Å². The van der Waals surface area contributed by atoms with Crippen molar-refractivity contribution in [2.45, 2.75) is 44.1 Å². The highest BCUT2D eigenvalue weighted by atomic mass is 16.1. The molecule has 2 aliphatic rings. The number of nitrogens with zero attached hydrogens (tertiary/aromatic N) is 3. The van der Waals surface area contributed by atoms with Crippen LogP contribution in [0.1, 0.15) is 64.8 Å². The summed E-state index contributed by atoms with van der Waals surface area (Å²) in [6, 6.07) is 10.3. The molecule has 0 saturated heterocycles. The Hall–Kier alpha value is -2.89. The molecule has 5 rings (SSSR count). The second kappa shape index (κ2) is 6.12. The molecule has 2 fully saturated rings. The molecule has 0 unspecified atom stereocenters. The predicted molar refractivity (Wildman–Crippen MR) is 97.3 cm³/mol. The number of rotatable bonds is 6. The molecule has 1 amide bonds. The number of benzene rings is 1. The first kappa shape index (κ1) is 15.4. The van der Waals surface area contributed by atoms with Crippen LogP contribution in [-0.2, 0) is 6.54 Å². The summed E-state index contributed by atoms with van der Waals surface area (Å²) < 4.78 is 1.92. The summed E-state index contributed by atoms with van der Waals surface area (Å²) in [4.78, 5) is 12.4. The Morgan fingerprint density at radius 3 is 2.62 bits per heavy atom. The Labute approximate surface area is 151 Å². The van der Waals surface area contributed by atoms with Crippen molar-refractivity contribution in [2.75, 3.05) is 0 Å². The van der Waals surface area contributed by atoms with Crippen LogP contribution in [0.4, 0.5) is 0 Å². The molecule has 1 aromatic carbocycles. The van der Waals surface area contributed by atoms with Gasteiger partial charge in [-0.3, -0.25) is 9.89 Å². The summed E-state index contributed by atoms with van der Waals surface area (Å²) in [6.07, 6.45) is 8.44. The minimum Gasteiger partial charge on any atom is -0.348 e. The van der Waals surface area contributed by atoms with Gasteiger partial charge in [0.1, 0.15) is 0 Å². The summed E-state index contributed by atoms with van der Waals surface area (Å²) in [7, 11) is 0. The molecule has 2 N–H and O–H groups in total. The maximum absolute atomic E-state index is 12.4. The summed E-state index contributed by atoms with van der Waals surface area (Å²) >= 11 is 0. The molecule has 6 nitrogen and oxygen atoms in total. The lowest BCUT2D eigenvalue weighted by atomic mass is 10.1. The number of hydrogen-bond donors (Lipinski definition) is 2. The lowest BCUT2D eigenvalue weighted by Gasteiger charge is -2.07. The average Bonchev–Trinajstić information content (AvgIpc) is 3.61. The monoisotopic (exact) mass is 347 g/mol. The van der Waals surface area contributed by atoms with Gasteiger partial charge >= 0.3 is 0 Å². The number of carbonyl (C=O) groups is 1. The fraction of sp³-hybridized carbons (Fsp3) is 0.350. The highest BCUT2D eigenvalue weighted by Gasteiger charge is 2.29. The van der Waals surface area contributed by atoms with Gasteiger partial charge in [-0.05, 0) is 49.4 Å². The molecular weight excluding hydrogens is 326 g/mol. The lowest BCUT2D eigenvalue weighted by molar-refractivity contribution is 0.0950. The number of aromatic amines is 1. The van der Waals surface area contributed by atoms with Crippen molar-refractivity contribution < 1.29 is 4.79 Å². The second-order valence-electron chi connectivity index (χ2n) is 7.28. The zero-order valence-electron chi connectivity index (χ0n) is 14.5. The van der Waals surface area contributed by atoms with Gasteiger partial charge in [0.15, 0.2) is 0 Å². The van der Waals surface area contributed by atoms with E-state index in [-0.39, 0.29) is 5.91 Å². The van der Waals surface area contributed by atoms with Crippen LogP contribution in [0.3, 0.4) is 0 Å². The topological polar surface area (TPSA) is 75.6 Å². The molecule has 0 radical (unpaired) electrons. The smallest absolute Gasteiger partial charge is 0.255 e. The van der Waals surface area contributed by atoms with Crippen molar-refractivity contribution in [3.63, 3.8) is 0 Å². The maximum atomic E-state index is 12.4. The molecule has 2 aromatic heterocycles. The highest BCUT2D eigenvalue weighted by Crippen LogP contribution is 2.40. The molecule has 2 heterocycles. The number of hydrogen-bond acceptors (Lipinski definition) is 3. The van der Waals surface area contributed by atoms with E-state index < -0.39 is 0 Å². The fourth-order valence-electron chi connectivity index (χ4n) is 3.28. The molecule has 6 heteroatoms. The van der Waals surface area contributed by atoms with E-state index in [4.69, 9.17) is 0 Å². The van der Waals surface area contributed by atoms with Crippen molar-refractivity contribution in [1.82, 2.24) is 25.3 Å². The van der Waals surface area contributed by atoms with E-state index in [2.05, 4.69) is 26.7 Å². The zero-order valence-corrected chi connectivity index (χ0v) is 14.5. The number of H-pyrrole nitrogens is 1. The van der Waals surface area contributed by atoms with Crippen LogP contribution < -0.4 is 5.32 Å². The van der Waals surface area contributed by atoms with E-state index in [1.165, 1.54) is 18.5 Å².